The number of isocyanates is 2. The minimum atomic E-state index is 0. The van der Waals surface area contributed by atoms with Crippen molar-refractivity contribution in [3.05, 3.63) is 48.0 Å². The fourth-order valence-electron chi connectivity index (χ4n) is 2.12. The molecule has 102 valence electrons. The number of aryl methyl sites for hydroxylation is 1. The van der Waals surface area contributed by atoms with Crippen LogP contribution in [0, 0.1) is 17.7 Å². The predicted molar refractivity (Wildman–Crippen MR) is 83.5 cm³/mol. The lowest BCUT2D eigenvalue weighted by molar-refractivity contribution is 0.562. The van der Waals surface area contributed by atoms with Gasteiger partial charge < -0.3 is 0 Å². The third kappa shape index (κ3) is 3.57. The molecule has 2 aromatic rings. The SMILES string of the molecule is Cc1cccc2c1-c1ccccc1-2.N=C=O.N=C=O.P. The number of rotatable bonds is 0. The predicted octanol–water partition coefficient (Wildman–Crippen LogP) is 3.50. The van der Waals surface area contributed by atoms with Gasteiger partial charge >= 0.3 is 0 Å². The van der Waals surface area contributed by atoms with Gasteiger partial charge in [0.15, 0.2) is 0 Å². The lowest BCUT2D eigenvalue weighted by atomic mass is 9.78. The highest BCUT2D eigenvalue weighted by atomic mass is 31.0. The van der Waals surface area contributed by atoms with Crippen LogP contribution in [-0.4, -0.2) is 12.2 Å². The normalized spacial score (nSPS) is 8.25. The van der Waals surface area contributed by atoms with E-state index >= 15 is 0 Å². The van der Waals surface area contributed by atoms with Gasteiger partial charge in [0.2, 0.25) is 12.2 Å². The van der Waals surface area contributed by atoms with Crippen LogP contribution in [0.15, 0.2) is 42.5 Å². The maximum atomic E-state index is 8.35. The quantitative estimate of drug-likeness (QED) is 0.376. The van der Waals surface area contributed by atoms with Crippen LogP contribution in [0.2, 0.25) is 0 Å². The van der Waals surface area contributed by atoms with Crippen molar-refractivity contribution in [3.8, 4) is 22.3 Å². The van der Waals surface area contributed by atoms with Crippen LogP contribution in [-0.2, 0) is 9.59 Å². The highest BCUT2D eigenvalue weighted by molar-refractivity contribution is 6.92. The number of benzene rings is 2. The molecule has 0 bridgehead atoms. The highest BCUT2D eigenvalue weighted by Gasteiger charge is 2.22. The first-order valence-corrected chi connectivity index (χ1v) is 5.48. The van der Waals surface area contributed by atoms with Gasteiger partial charge in [-0.3, -0.25) is 0 Å². The fourth-order valence-corrected chi connectivity index (χ4v) is 2.12. The summed E-state index contributed by atoms with van der Waals surface area (Å²) in [4.78, 5) is 16.7. The zero-order chi connectivity index (χ0) is 14.3. The first-order valence-electron chi connectivity index (χ1n) is 5.48. The van der Waals surface area contributed by atoms with E-state index < -0.39 is 0 Å². The first kappa shape index (κ1) is 17.6. The molecule has 2 N–H and O–H groups in total. The summed E-state index contributed by atoms with van der Waals surface area (Å²) in [6.07, 6.45) is 1.50. The molecule has 1 unspecified atom stereocenters. The number of nitrogens with one attached hydrogen (secondary N) is 2. The molecule has 0 amide bonds. The number of fused-ring (bicyclic) bond motifs is 4. The molecular weight excluding hydrogens is 271 g/mol. The summed E-state index contributed by atoms with van der Waals surface area (Å²) in [6.45, 7) is 2.18. The van der Waals surface area contributed by atoms with Crippen molar-refractivity contribution in [2.45, 2.75) is 6.92 Å². The zero-order valence-corrected chi connectivity index (χ0v) is 12.5. The van der Waals surface area contributed by atoms with Crippen LogP contribution in [0.25, 0.3) is 22.3 Å². The fraction of sp³-hybridized carbons (Fsp3) is 0.0667. The Morgan fingerprint density at radius 3 is 1.80 bits per heavy atom. The standard InChI is InChI=1S/C13H10.2CHNO.H3P/c1-9-5-4-8-12-10-6-2-3-7-11(10)13(9)12;2*2-1-3;/h2-8H,1H3;2*2H;1H3. The summed E-state index contributed by atoms with van der Waals surface area (Å²) in [5.74, 6) is 0. The molecule has 1 atom stereocenters. The molecule has 0 radical (unpaired) electrons. The van der Waals surface area contributed by atoms with E-state index in [1.54, 1.807) is 0 Å². The average Bonchev–Trinajstić information content (AvgIpc) is 2.37. The third-order valence-electron chi connectivity index (χ3n) is 2.76. The molecule has 4 nitrogen and oxygen atoms in total. The Morgan fingerprint density at radius 1 is 0.800 bits per heavy atom. The van der Waals surface area contributed by atoms with Crippen LogP contribution in [0.5, 0.6) is 0 Å². The Bertz CT molecular complexity index is 645. The van der Waals surface area contributed by atoms with Gasteiger partial charge in [0.1, 0.15) is 0 Å². The summed E-state index contributed by atoms with van der Waals surface area (Å²) in [7, 11) is 0. The Balaban J connectivity index is 0.000000452. The maximum Gasteiger partial charge on any atom is 0.231 e. The van der Waals surface area contributed by atoms with Gasteiger partial charge in [-0.25, -0.2) is 20.4 Å². The maximum absolute atomic E-state index is 8.35. The van der Waals surface area contributed by atoms with Crippen LogP contribution in [0.4, 0.5) is 0 Å². The minimum Gasteiger partial charge on any atom is -0.222 e. The molecule has 0 saturated heterocycles. The monoisotopic (exact) mass is 286 g/mol. The van der Waals surface area contributed by atoms with Gasteiger partial charge in [0.05, 0.1) is 0 Å². The van der Waals surface area contributed by atoms with Crippen molar-refractivity contribution in [1.29, 1.82) is 10.8 Å². The van der Waals surface area contributed by atoms with Gasteiger partial charge in [-0.15, -0.1) is 0 Å². The Kier molecular flexibility index (Phi) is 7.65. The Labute approximate surface area is 120 Å². The number of hydrogen-bond donors (Lipinski definition) is 2. The average molecular weight is 286 g/mol. The summed E-state index contributed by atoms with van der Waals surface area (Å²) in [6, 6.07) is 15.1. The number of hydrogen-bond acceptors (Lipinski definition) is 4. The molecule has 1 aliphatic rings. The molecule has 0 aromatic heterocycles. The van der Waals surface area contributed by atoms with E-state index in [0.717, 1.165) is 12.2 Å². The topological polar surface area (TPSA) is 81.8 Å². The summed E-state index contributed by atoms with van der Waals surface area (Å²) in [5.41, 5.74) is 7.06. The van der Waals surface area contributed by atoms with Gasteiger partial charge in [-0.1, -0.05) is 42.5 Å². The van der Waals surface area contributed by atoms with Crippen LogP contribution in [0.3, 0.4) is 0 Å². The molecule has 0 heterocycles. The molecule has 1 aliphatic carbocycles. The van der Waals surface area contributed by atoms with Gasteiger partial charge in [0.25, 0.3) is 0 Å². The lowest BCUT2D eigenvalue weighted by Gasteiger charge is -2.25. The van der Waals surface area contributed by atoms with E-state index in [2.05, 4.69) is 49.4 Å². The van der Waals surface area contributed by atoms with E-state index in [9.17, 15) is 0 Å². The third-order valence-corrected chi connectivity index (χ3v) is 2.76. The van der Waals surface area contributed by atoms with E-state index in [1.807, 2.05) is 0 Å². The number of carbonyl (C=O) groups excluding carboxylic acids is 2. The van der Waals surface area contributed by atoms with E-state index in [0.29, 0.717) is 0 Å². The zero-order valence-electron chi connectivity index (χ0n) is 11.1. The summed E-state index contributed by atoms with van der Waals surface area (Å²) < 4.78 is 0. The molecule has 0 fully saturated rings. The van der Waals surface area contributed by atoms with E-state index in [-0.39, 0.29) is 9.90 Å². The summed E-state index contributed by atoms with van der Waals surface area (Å²) >= 11 is 0. The van der Waals surface area contributed by atoms with Crippen molar-refractivity contribution in [3.63, 3.8) is 0 Å². The molecule has 0 spiro atoms. The van der Waals surface area contributed by atoms with Crippen LogP contribution >= 0.6 is 9.90 Å². The molecule has 5 heteroatoms. The second-order valence-corrected chi connectivity index (χ2v) is 3.75. The first-order chi connectivity index (χ1) is 9.21. The Morgan fingerprint density at radius 2 is 1.25 bits per heavy atom. The van der Waals surface area contributed by atoms with Gasteiger partial charge in [0, 0.05) is 0 Å². The minimum absolute atomic E-state index is 0. The van der Waals surface area contributed by atoms with Gasteiger partial charge in [-0.2, -0.15) is 9.90 Å². The van der Waals surface area contributed by atoms with E-state index in [4.69, 9.17) is 20.4 Å². The molecule has 0 saturated carbocycles. The van der Waals surface area contributed by atoms with Crippen molar-refractivity contribution >= 4 is 22.1 Å². The highest BCUT2D eigenvalue weighted by Crippen LogP contribution is 2.48. The van der Waals surface area contributed by atoms with Crippen molar-refractivity contribution in [2.24, 2.45) is 0 Å². The molecule has 0 aliphatic heterocycles. The van der Waals surface area contributed by atoms with Crippen molar-refractivity contribution < 1.29 is 9.59 Å². The molecule has 2 aromatic carbocycles. The lowest BCUT2D eigenvalue weighted by Crippen LogP contribution is -1.99. The smallest absolute Gasteiger partial charge is 0.222 e. The van der Waals surface area contributed by atoms with Crippen LogP contribution in [0.1, 0.15) is 5.56 Å². The largest absolute Gasteiger partial charge is 0.231 e. The van der Waals surface area contributed by atoms with E-state index in [1.165, 1.54) is 27.8 Å². The molecule has 20 heavy (non-hydrogen) atoms. The molecule has 3 rings (SSSR count). The van der Waals surface area contributed by atoms with Crippen molar-refractivity contribution in [2.75, 3.05) is 0 Å². The second kappa shape index (κ2) is 8.68. The molecular formula is C15H15N2O2P. The summed E-state index contributed by atoms with van der Waals surface area (Å²) in [5, 5.41) is 10.8. The second-order valence-electron chi connectivity index (χ2n) is 3.75. The van der Waals surface area contributed by atoms with Gasteiger partial charge in [-0.05, 0) is 34.7 Å². The Hall–Kier alpha value is -2.37. The van der Waals surface area contributed by atoms with Crippen molar-refractivity contribution in [1.82, 2.24) is 0 Å². The van der Waals surface area contributed by atoms with Crippen LogP contribution < -0.4 is 0 Å².